The number of esters is 1. The first-order chi connectivity index (χ1) is 17.4. The van der Waals surface area contributed by atoms with Gasteiger partial charge >= 0.3 is 5.97 Å². The molecule has 8 nitrogen and oxygen atoms in total. The molecule has 10 heteroatoms. The van der Waals surface area contributed by atoms with Gasteiger partial charge in [-0.1, -0.05) is 65.7 Å². The monoisotopic (exact) mass is 522 g/mol. The standard InChI is InChI=1S/C26H20Cl2N4O4/c27-19-9-18(12-30-13-19)25(33)32-21-8-4-7-17(10-21)23(36-22-11-20(28)14-31-24(22)29)26(34)35-15-16-5-2-1-3-6-16/h1-14,23H,15H2,(H2,29,31)(H,32,33)/t23-/m1/s1. The number of pyridine rings is 2. The summed E-state index contributed by atoms with van der Waals surface area (Å²) in [5.74, 6) is -0.919. The topological polar surface area (TPSA) is 116 Å². The first kappa shape index (κ1) is 25.0. The second-order valence-electron chi connectivity index (χ2n) is 7.60. The Balaban J connectivity index is 1.59. The maximum atomic E-state index is 13.2. The van der Waals surface area contributed by atoms with Crippen LogP contribution in [-0.2, 0) is 16.1 Å². The van der Waals surface area contributed by atoms with Gasteiger partial charge in [0.1, 0.15) is 6.61 Å². The SMILES string of the molecule is Nc1ncc(Cl)cc1O[C@@H](C(=O)OCc1ccccc1)c1cccc(NC(=O)c2cncc(Cl)c2)c1. The Hall–Kier alpha value is -4.14. The first-order valence-corrected chi connectivity index (χ1v) is 11.4. The third-order valence-corrected chi connectivity index (χ3v) is 5.36. The Kier molecular flexibility index (Phi) is 7.99. The van der Waals surface area contributed by atoms with Crippen LogP contribution in [0.5, 0.6) is 5.75 Å². The Morgan fingerprint density at radius 3 is 2.50 bits per heavy atom. The number of nitrogens with one attached hydrogen (secondary N) is 1. The third-order valence-electron chi connectivity index (χ3n) is 4.95. The van der Waals surface area contributed by atoms with Crippen LogP contribution in [0.15, 0.2) is 85.3 Å². The highest BCUT2D eigenvalue weighted by Gasteiger charge is 2.26. The van der Waals surface area contributed by atoms with Crippen LogP contribution < -0.4 is 15.8 Å². The van der Waals surface area contributed by atoms with Crippen LogP contribution in [0.1, 0.15) is 27.6 Å². The van der Waals surface area contributed by atoms with Crippen molar-refractivity contribution in [2.45, 2.75) is 12.7 Å². The molecule has 0 aliphatic rings. The number of nitrogens with two attached hydrogens (primary N) is 1. The molecule has 4 rings (SSSR count). The van der Waals surface area contributed by atoms with E-state index in [9.17, 15) is 9.59 Å². The number of carbonyl (C=O) groups is 2. The van der Waals surface area contributed by atoms with E-state index in [-0.39, 0.29) is 28.8 Å². The van der Waals surface area contributed by atoms with Gasteiger partial charge in [-0.25, -0.2) is 9.78 Å². The van der Waals surface area contributed by atoms with Gasteiger partial charge in [0, 0.05) is 35.9 Å². The fourth-order valence-electron chi connectivity index (χ4n) is 3.23. The number of rotatable bonds is 8. The lowest BCUT2D eigenvalue weighted by atomic mass is 10.1. The van der Waals surface area contributed by atoms with Crippen LogP contribution in [0.3, 0.4) is 0 Å². The summed E-state index contributed by atoms with van der Waals surface area (Å²) in [4.78, 5) is 33.7. The maximum absolute atomic E-state index is 13.2. The van der Waals surface area contributed by atoms with E-state index in [1.165, 1.54) is 30.7 Å². The Morgan fingerprint density at radius 2 is 1.72 bits per heavy atom. The summed E-state index contributed by atoms with van der Waals surface area (Å²) in [5.41, 5.74) is 7.85. The fraction of sp³-hybridized carbons (Fsp3) is 0.0769. The Labute approximate surface area is 217 Å². The highest BCUT2D eigenvalue weighted by molar-refractivity contribution is 6.31. The van der Waals surface area contributed by atoms with Crippen molar-refractivity contribution in [3.05, 3.63) is 112 Å². The zero-order chi connectivity index (χ0) is 25.5. The van der Waals surface area contributed by atoms with E-state index in [0.717, 1.165) is 5.56 Å². The molecule has 182 valence electrons. The van der Waals surface area contributed by atoms with Crippen molar-refractivity contribution in [1.29, 1.82) is 0 Å². The van der Waals surface area contributed by atoms with Gasteiger partial charge in [0.15, 0.2) is 11.6 Å². The summed E-state index contributed by atoms with van der Waals surface area (Å²) in [6.45, 7) is 0.0427. The van der Waals surface area contributed by atoms with Crippen molar-refractivity contribution < 1.29 is 19.1 Å². The molecule has 3 N–H and O–H groups in total. The number of amides is 1. The molecule has 0 aliphatic carbocycles. The molecule has 0 spiro atoms. The van der Waals surface area contributed by atoms with Gasteiger partial charge in [0.2, 0.25) is 6.10 Å². The molecule has 0 unspecified atom stereocenters. The van der Waals surface area contributed by atoms with E-state index in [4.69, 9.17) is 38.4 Å². The lowest BCUT2D eigenvalue weighted by Gasteiger charge is -2.20. The number of aromatic nitrogens is 2. The van der Waals surface area contributed by atoms with E-state index in [1.807, 2.05) is 30.3 Å². The highest BCUT2D eigenvalue weighted by Crippen LogP contribution is 2.30. The largest absolute Gasteiger partial charge is 0.470 e. The summed E-state index contributed by atoms with van der Waals surface area (Å²) in [5, 5.41) is 3.37. The second kappa shape index (κ2) is 11.5. The smallest absolute Gasteiger partial charge is 0.352 e. The molecule has 1 amide bonds. The second-order valence-corrected chi connectivity index (χ2v) is 8.47. The molecule has 4 aromatic rings. The zero-order valence-corrected chi connectivity index (χ0v) is 20.2. The predicted molar refractivity (Wildman–Crippen MR) is 137 cm³/mol. The van der Waals surface area contributed by atoms with Gasteiger partial charge in [-0.3, -0.25) is 9.78 Å². The molecule has 2 heterocycles. The van der Waals surface area contributed by atoms with Gasteiger partial charge in [0.05, 0.1) is 15.6 Å². The van der Waals surface area contributed by atoms with Crippen molar-refractivity contribution in [3.8, 4) is 5.75 Å². The normalized spacial score (nSPS) is 11.4. The minimum atomic E-state index is -1.22. The van der Waals surface area contributed by atoms with Gasteiger partial charge in [-0.2, -0.15) is 0 Å². The average Bonchev–Trinajstić information content (AvgIpc) is 2.88. The van der Waals surface area contributed by atoms with E-state index in [1.54, 1.807) is 24.3 Å². The molecule has 0 aliphatic heterocycles. The Bertz CT molecular complexity index is 1390. The molecule has 2 aromatic carbocycles. The van der Waals surface area contributed by atoms with Crippen LogP contribution >= 0.6 is 23.2 Å². The molecular weight excluding hydrogens is 503 g/mol. The summed E-state index contributed by atoms with van der Waals surface area (Å²) in [6, 6.07) is 18.8. The predicted octanol–water partition coefficient (Wildman–Crippen LogP) is 5.48. The molecule has 0 saturated heterocycles. The number of hydrogen-bond donors (Lipinski definition) is 2. The van der Waals surface area contributed by atoms with Crippen molar-refractivity contribution in [1.82, 2.24) is 9.97 Å². The van der Waals surface area contributed by atoms with E-state index < -0.39 is 18.0 Å². The first-order valence-electron chi connectivity index (χ1n) is 10.7. The minimum Gasteiger partial charge on any atom is -0.470 e. The summed E-state index contributed by atoms with van der Waals surface area (Å²) >= 11 is 12.0. The number of nitrogen functional groups attached to an aromatic ring is 1. The van der Waals surface area contributed by atoms with Crippen molar-refractivity contribution >= 4 is 46.6 Å². The van der Waals surface area contributed by atoms with Crippen LogP contribution in [0.25, 0.3) is 0 Å². The zero-order valence-electron chi connectivity index (χ0n) is 18.7. The molecular formula is C26H20Cl2N4O4. The number of nitrogens with zero attached hydrogens (tertiary/aromatic N) is 2. The van der Waals surface area contributed by atoms with Gasteiger partial charge in [-0.15, -0.1) is 0 Å². The summed E-state index contributed by atoms with van der Waals surface area (Å²) < 4.78 is 11.5. The molecule has 0 bridgehead atoms. The molecule has 0 saturated carbocycles. The molecule has 2 aromatic heterocycles. The number of halogens is 2. The number of ether oxygens (including phenoxy) is 2. The third kappa shape index (κ3) is 6.50. The number of carbonyl (C=O) groups excluding carboxylic acids is 2. The summed E-state index contributed by atoms with van der Waals surface area (Å²) in [6.07, 6.45) is 2.97. The van der Waals surface area contributed by atoms with Crippen molar-refractivity contribution in [3.63, 3.8) is 0 Å². The van der Waals surface area contributed by atoms with E-state index >= 15 is 0 Å². The fourth-order valence-corrected chi connectivity index (χ4v) is 3.55. The van der Waals surface area contributed by atoms with Crippen LogP contribution in [-0.4, -0.2) is 21.8 Å². The average molecular weight is 523 g/mol. The Morgan fingerprint density at radius 1 is 0.944 bits per heavy atom. The van der Waals surface area contributed by atoms with E-state index in [2.05, 4.69) is 15.3 Å². The van der Waals surface area contributed by atoms with Crippen LogP contribution in [0.4, 0.5) is 11.5 Å². The van der Waals surface area contributed by atoms with E-state index in [0.29, 0.717) is 16.3 Å². The maximum Gasteiger partial charge on any atom is 0.352 e. The quantitative estimate of drug-likeness (QED) is 0.294. The van der Waals surface area contributed by atoms with Crippen LogP contribution in [0.2, 0.25) is 10.0 Å². The van der Waals surface area contributed by atoms with Crippen molar-refractivity contribution in [2.24, 2.45) is 0 Å². The van der Waals surface area contributed by atoms with Gasteiger partial charge in [0.25, 0.3) is 5.91 Å². The van der Waals surface area contributed by atoms with Gasteiger partial charge < -0.3 is 20.5 Å². The summed E-state index contributed by atoms with van der Waals surface area (Å²) in [7, 11) is 0. The molecule has 1 atom stereocenters. The molecule has 0 radical (unpaired) electrons. The number of anilines is 2. The van der Waals surface area contributed by atoms with Gasteiger partial charge in [-0.05, 0) is 23.8 Å². The van der Waals surface area contributed by atoms with Crippen LogP contribution in [0, 0.1) is 0 Å². The molecule has 36 heavy (non-hydrogen) atoms. The molecule has 0 fully saturated rings. The number of benzene rings is 2. The lowest BCUT2D eigenvalue weighted by Crippen LogP contribution is -2.22. The van der Waals surface area contributed by atoms with Crippen molar-refractivity contribution in [2.75, 3.05) is 11.1 Å². The highest BCUT2D eigenvalue weighted by atomic mass is 35.5. The lowest BCUT2D eigenvalue weighted by molar-refractivity contribution is -0.153. The number of hydrogen-bond acceptors (Lipinski definition) is 7. The minimum absolute atomic E-state index is 0.0427.